The highest BCUT2D eigenvalue weighted by molar-refractivity contribution is 6.02. The van der Waals surface area contributed by atoms with E-state index in [1.165, 1.54) is 5.56 Å². The van der Waals surface area contributed by atoms with Crippen molar-refractivity contribution in [3.63, 3.8) is 0 Å². The van der Waals surface area contributed by atoms with Gasteiger partial charge in [0, 0.05) is 24.1 Å². The third-order valence-corrected chi connectivity index (χ3v) is 4.44. The topological polar surface area (TPSA) is 77.5 Å². The Morgan fingerprint density at radius 2 is 1.96 bits per heavy atom. The quantitative estimate of drug-likeness (QED) is 0.752. The van der Waals surface area contributed by atoms with Gasteiger partial charge in [-0.2, -0.15) is 0 Å². The number of nitrogens with zero attached hydrogens (tertiary/aromatic N) is 1. The summed E-state index contributed by atoms with van der Waals surface area (Å²) in [6, 6.07) is 9.94. The number of benzene rings is 1. The second kappa shape index (κ2) is 8.10. The monoisotopic (exact) mass is 382 g/mol. The molecule has 1 aromatic carbocycles. The molecule has 0 spiro atoms. The standard InChI is InChI=1S/C22H26N2O4/c1-5-19(25)20-18(24-21(26)28-22(2,3)4)10-16(11-23-20)14-7-6-8-15(9-14)17-12-27-13-17/h6-11,17H,5,12-13H2,1-4H3,(H,24,26). The molecule has 0 bridgehead atoms. The van der Waals surface area contributed by atoms with Crippen LogP contribution in [0.5, 0.6) is 0 Å². The van der Waals surface area contributed by atoms with Gasteiger partial charge in [-0.25, -0.2) is 4.79 Å². The Hall–Kier alpha value is -2.73. The van der Waals surface area contributed by atoms with Crippen LogP contribution in [0, 0.1) is 0 Å². The van der Waals surface area contributed by atoms with Gasteiger partial charge in [0.05, 0.1) is 18.9 Å². The maximum Gasteiger partial charge on any atom is 0.412 e. The maximum absolute atomic E-state index is 12.3. The second-order valence-corrected chi connectivity index (χ2v) is 7.88. The van der Waals surface area contributed by atoms with Gasteiger partial charge in [0.2, 0.25) is 0 Å². The second-order valence-electron chi connectivity index (χ2n) is 7.88. The van der Waals surface area contributed by atoms with Crippen molar-refractivity contribution in [2.24, 2.45) is 0 Å². The highest BCUT2D eigenvalue weighted by Crippen LogP contribution is 2.30. The normalized spacial score (nSPS) is 14.3. The van der Waals surface area contributed by atoms with Crippen molar-refractivity contribution in [1.29, 1.82) is 0 Å². The van der Waals surface area contributed by atoms with E-state index < -0.39 is 11.7 Å². The summed E-state index contributed by atoms with van der Waals surface area (Å²) in [5.41, 5.74) is 2.96. The summed E-state index contributed by atoms with van der Waals surface area (Å²) in [4.78, 5) is 28.9. The number of pyridine rings is 1. The molecule has 28 heavy (non-hydrogen) atoms. The minimum absolute atomic E-state index is 0.141. The predicted octanol–water partition coefficient (Wildman–Crippen LogP) is 4.80. The number of amides is 1. The average Bonchev–Trinajstić information content (AvgIpc) is 2.58. The first-order valence-corrected chi connectivity index (χ1v) is 9.48. The smallest absolute Gasteiger partial charge is 0.412 e. The van der Waals surface area contributed by atoms with E-state index in [0.717, 1.165) is 24.3 Å². The van der Waals surface area contributed by atoms with Gasteiger partial charge in [-0.1, -0.05) is 31.2 Å². The van der Waals surface area contributed by atoms with Gasteiger partial charge in [0.15, 0.2) is 5.78 Å². The third-order valence-electron chi connectivity index (χ3n) is 4.44. The Morgan fingerprint density at radius 1 is 1.21 bits per heavy atom. The van der Waals surface area contributed by atoms with Gasteiger partial charge in [0.25, 0.3) is 0 Å². The molecule has 0 unspecified atom stereocenters. The fourth-order valence-corrected chi connectivity index (χ4v) is 2.92. The summed E-state index contributed by atoms with van der Waals surface area (Å²) in [5.74, 6) is 0.270. The molecule has 0 atom stereocenters. The van der Waals surface area contributed by atoms with Crippen LogP contribution in [-0.2, 0) is 9.47 Å². The molecule has 1 aliphatic rings. The molecular weight excluding hydrogens is 356 g/mol. The van der Waals surface area contributed by atoms with Crippen LogP contribution in [0.1, 0.15) is 56.1 Å². The summed E-state index contributed by atoms with van der Waals surface area (Å²) < 4.78 is 10.6. The number of ether oxygens (including phenoxy) is 2. The molecule has 2 heterocycles. The van der Waals surface area contributed by atoms with Crippen molar-refractivity contribution in [3.05, 3.63) is 47.8 Å². The lowest BCUT2D eigenvalue weighted by Gasteiger charge is -2.26. The minimum Gasteiger partial charge on any atom is -0.444 e. The van der Waals surface area contributed by atoms with Crippen LogP contribution >= 0.6 is 0 Å². The van der Waals surface area contributed by atoms with Crippen LogP contribution in [-0.4, -0.2) is 35.7 Å². The van der Waals surface area contributed by atoms with E-state index in [0.29, 0.717) is 18.0 Å². The summed E-state index contributed by atoms with van der Waals surface area (Å²) in [6.07, 6.45) is 1.35. The minimum atomic E-state index is -0.636. The molecule has 2 aromatic rings. The van der Waals surface area contributed by atoms with Crippen LogP contribution in [0.4, 0.5) is 10.5 Å². The van der Waals surface area contributed by atoms with Crippen LogP contribution in [0.3, 0.4) is 0 Å². The van der Waals surface area contributed by atoms with Crippen molar-refractivity contribution >= 4 is 17.6 Å². The number of carbonyl (C=O) groups is 2. The van der Waals surface area contributed by atoms with E-state index in [4.69, 9.17) is 9.47 Å². The zero-order valence-electron chi connectivity index (χ0n) is 16.7. The zero-order valence-corrected chi connectivity index (χ0v) is 16.7. The lowest BCUT2D eigenvalue weighted by Crippen LogP contribution is -2.28. The van der Waals surface area contributed by atoms with Gasteiger partial charge < -0.3 is 9.47 Å². The third kappa shape index (κ3) is 4.75. The molecule has 148 valence electrons. The molecule has 1 N–H and O–H groups in total. The predicted molar refractivity (Wildman–Crippen MR) is 108 cm³/mol. The van der Waals surface area contributed by atoms with E-state index in [1.807, 2.05) is 12.1 Å². The summed E-state index contributed by atoms with van der Waals surface area (Å²) >= 11 is 0. The zero-order chi connectivity index (χ0) is 20.3. The van der Waals surface area contributed by atoms with Gasteiger partial charge in [-0.05, 0) is 38.0 Å². The molecule has 6 nitrogen and oxygen atoms in total. The highest BCUT2D eigenvalue weighted by atomic mass is 16.6. The van der Waals surface area contributed by atoms with Crippen molar-refractivity contribution in [1.82, 2.24) is 4.98 Å². The number of anilines is 1. The molecule has 1 aliphatic heterocycles. The Morgan fingerprint density at radius 3 is 2.57 bits per heavy atom. The Bertz CT molecular complexity index is 882. The molecule has 6 heteroatoms. The SMILES string of the molecule is CCC(=O)c1ncc(-c2cccc(C3COC3)c2)cc1NC(=O)OC(C)(C)C. The van der Waals surface area contributed by atoms with Gasteiger partial charge in [0.1, 0.15) is 11.3 Å². The van der Waals surface area contributed by atoms with Crippen molar-refractivity contribution in [2.45, 2.75) is 45.6 Å². The van der Waals surface area contributed by atoms with E-state index >= 15 is 0 Å². The Balaban J connectivity index is 1.93. The van der Waals surface area contributed by atoms with Crippen LogP contribution in [0.2, 0.25) is 0 Å². The van der Waals surface area contributed by atoms with Gasteiger partial charge >= 0.3 is 6.09 Å². The first-order valence-electron chi connectivity index (χ1n) is 9.48. The number of ketones is 1. The summed E-state index contributed by atoms with van der Waals surface area (Å²) in [7, 11) is 0. The van der Waals surface area contributed by atoms with Crippen LogP contribution < -0.4 is 5.32 Å². The van der Waals surface area contributed by atoms with E-state index in [9.17, 15) is 9.59 Å². The number of rotatable bonds is 5. The molecule has 0 radical (unpaired) electrons. The number of carbonyl (C=O) groups excluding carboxylic acids is 2. The lowest BCUT2D eigenvalue weighted by molar-refractivity contribution is 0.00844. The summed E-state index contributed by atoms with van der Waals surface area (Å²) in [5, 5.41) is 2.69. The van der Waals surface area contributed by atoms with Crippen molar-refractivity contribution in [3.8, 4) is 11.1 Å². The first-order chi connectivity index (χ1) is 13.3. The first kappa shape index (κ1) is 20.0. The van der Waals surface area contributed by atoms with Crippen LogP contribution in [0.15, 0.2) is 36.5 Å². The maximum atomic E-state index is 12.3. The molecule has 0 aliphatic carbocycles. The summed E-state index contributed by atoms with van der Waals surface area (Å²) in [6.45, 7) is 8.59. The van der Waals surface area contributed by atoms with E-state index in [2.05, 4.69) is 22.4 Å². The molecular formula is C22H26N2O4. The molecule has 0 saturated carbocycles. The number of hydrogen-bond donors (Lipinski definition) is 1. The van der Waals surface area contributed by atoms with Gasteiger partial charge in [-0.15, -0.1) is 0 Å². The molecule has 1 amide bonds. The number of aromatic nitrogens is 1. The van der Waals surface area contributed by atoms with E-state index in [1.54, 1.807) is 40.0 Å². The number of hydrogen-bond acceptors (Lipinski definition) is 5. The molecule has 3 rings (SSSR count). The average molecular weight is 382 g/mol. The largest absolute Gasteiger partial charge is 0.444 e. The lowest BCUT2D eigenvalue weighted by atomic mass is 9.94. The van der Waals surface area contributed by atoms with Gasteiger partial charge in [-0.3, -0.25) is 15.1 Å². The Kier molecular flexibility index (Phi) is 5.79. The van der Waals surface area contributed by atoms with Crippen molar-refractivity contribution < 1.29 is 19.1 Å². The molecule has 1 fully saturated rings. The van der Waals surface area contributed by atoms with Crippen LogP contribution in [0.25, 0.3) is 11.1 Å². The fraction of sp³-hybridized carbons (Fsp3) is 0.409. The van der Waals surface area contributed by atoms with Crippen molar-refractivity contribution in [2.75, 3.05) is 18.5 Å². The fourth-order valence-electron chi connectivity index (χ4n) is 2.92. The number of Topliss-reactive ketones (excluding diaryl/α,β-unsaturated/α-hetero) is 1. The highest BCUT2D eigenvalue weighted by Gasteiger charge is 2.22. The molecule has 1 aromatic heterocycles. The van der Waals surface area contributed by atoms with E-state index in [-0.39, 0.29) is 11.5 Å². The molecule has 1 saturated heterocycles. The Labute approximate surface area is 165 Å². The number of nitrogens with one attached hydrogen (secondary N) is 1.